The first-order valence-corrected chi connectivity index (χ1v) is 8.74. The lowest BCUT2D eigenvalue weighted by Gasteiger charge is -2.11. The van der Waals surface area contributed by atoms with E-state index in [2.05, 4.69) is 6.92 Å². The first-order valence-electron chi connectivity index (χ1n) is 8.74. The fourth-order valence-electron chi connectivity index (χ4n) is 2.46. The summed E-state index contributed by atoms with van der Waals surface area (Å²) in [6.45, 7) is 2.66. The SMILES string of the molecule is CCCCOc1cc(/C=C(\C#N)C(=O)c2cccc(OC)c2)ccc1OC. The zero-order valence-electron chi connectivity index (χ0n) is 15.8. The van der Waals surface area contributed by atoms with Crippen LogP contribution in [0.2, 0.25) is 0 Å². The third-order valence-electron chi connectivity index (χ3n) is 3.95. The average Bonchev–Trinajstić information content (AvgIpc) is 2.72. The van der Waals surface area contributed by atoms with Gasteiger partial charge in [-0.1, -0.05) is 31.5 Å². The number of carbonyl (C=O) groups is 1. The molecule has 0 bridgehead atoms. The molecule has 0 saturated carbocycles. The van der Waals surface area contributed by atoms with Gasteiger partial charge in [0, 0.05) is 5.56 Å². The van der Waals surface area contributed by atoms with E-state index in [1.54, 1.807) is 55.7 Å². The van der Waals surface area contributed by atoms with Gasteiger partial charge in [0.2, 0.25) is 5.78 Å². The summed E-state index contributed by atoms with van der Waals surface area (Å²) in [5.41, 5.74) is 1.12. The highest BCUT2D eigenvalue weighted by Crippen LogP contribution is 2.29. The molecule has 0 fully saturated rings. The fraction of sp³-hybridized carbons (Fsp3) is 0.273. The van der Waals surface area contributed by atoms with Gasteiger partial charge in [-0.05, 0) is 42.3 Å². The van der Waals surface area contributed by atoms with Crippen molar-refractivity contribution in [1.82, 2.24) is 0 Å². The van der Waals surface area contributed by atoms with E-state index in [1.807, 2.05) is 6.07 Å². The number of nitrogens with zero attached hydrogens (tertiary/aromatic N) is 1. The van der Waals surface area contributed by atoms with Crippen LogP contribution in [0.15, 0.2) is 48.0 Å². The number of unbranched alkanes of at least 4 members (excludes halogenated alkanes) is 1. The van der Waals surface area contributed by atoms with Crippen molar-refractivity contribution < 1.29 is 19.0 Å². The van der Waals surface area contributed by atoms with Gasteiger partial charge in [-0.2, -0.15) is 5.26 Å². The monoisotopic (exact) mass is 365 g/mol. The van der Waals surface area contributed by atoms with Crippen LogP contribution < -0.4 is 14.2 Å². The summed E-state index contributed by atoms with van der Waals surface area (Å²) in [6, 6.07) is 14.0. The molecule has 0 amide bonds. The normalized spacial score (nSPS) is 10.8. The van der Waals surface area contributed by atoms with Crippen LogP contribution in [0.5, 0.6) is 17.2 Å². The predicted molar refractivity (Wildman–Crippen MR) is 104 cm³/mol. The van der Waals surface area contributed by atoms with Gasteiger partial charge in [0.05, 0.1) is 20.8 Å². The number of benzene rings is 2. The highest BCUT2D eigenvalue weighted by molar-refractivity contribution is 6.14. The molecule has 0 atom stereocenters. The maximum absolute atomic E-state index is 12.7. The van der Waals surface area contributed by atoms with Crippen LogP contribution >= 0.6 is 0 Å². The molecule has 0 aliphatic heterocycles. The van der Waals surface area contributed by atoms with E-state index in [0.717, 1.165) is 12.8 Å². The Morgan fingerprint density at radius 3 is 2.59 bits per heavy atom. The van der Waals surface area contributed by atoms with Gasteiger partial charge in [0.15, 0.2) is 11.5 Å². The summed E-state index contributed by atoms with van der Waals surface area (Å²) in [5.74, 6) is 1.40. The van der Waals surface area contributed by atoms with Gasteiger partial charge in [-0.25, -0.2) is 0 Å². The molecule has 0 heterocycles. The molecule has 2 aromatic carbocycles. The van der Waals surface area contributed by atoms with Crippen LogP contribution in [0, 0.1) is 11.3 Å². The smallest absolute Gasteiger partial charge is 0.203 e. The average molecular weight is 365 g/mol. The van der Waals surface area contributed by atoms with E-state index >= 15 is 0 Å². The van der Waals surface area contributed by atoms with Crippen LogP contribution in [0.25, 0.3) is 6.08 Å². The first kappa shape index (κ1) is 20.1. The van der Waals surface area contributed by atoms with Crippen molar-refractivity contribution in [3.8, 4) is 23.3 Å². The largest absolute Gasteiger partial charge is 0.497 e. The van der Waals surface area contributed by atoms with E-state index in [1.165, 1.54) is 7.11 Å². The van der Waals surface area contributed by atoms with Crippen molar-refractivity contribution in [3.05, 3.63) is 59.2 Å². The topological polar surface area (TPSA) is 68.5 Å². The second-order valence-electron chi connectivity index (χ2n) is 5.84. The van der Waals surface area contributed by atoms with Crippen molar-refractivity contribution in [1.29, 1.82) is 5.26 Å². The summed E-state index contributed by atoms with van der Waals surface area (Å²) < 4.78 is 16.2. The van der Waals surface area contributed by atoms with E-state index in [9.17, 15) is 10.1 Å². The Morgan fingerprint density at radius 2 is 1.93 bits per heavy atom. The number of rotatable bonds is 9. The Hall–Kier alpha value is -3.26. The highest BCUT2D eigenvalue weighted by Gasteiger charge is 2.14. The molecular formula is C22H23NO4. The molecule has 0 aromatic heterocycles. The maximum Gasteiger partial charge on any atom is 0.203 e. The molecule has 0 aliphatic carbocycles. The van der Waals surface area contributed by atoms with E-state index in [-0.39, 0.29) is 11.4 Å². The van der Waals surface area contributed by atoms with Crippen molar-refractivity contribution >= 4 is 11.9 Å². The first-order chi connectivity index (χ1) is 13.1. The number of Topliss-reactive ketones (excluding diaryl/α,β-unsaturated/α-hetero) is 1. The minimum absolute atomic E-state index is 0.0351. The van der Waals surface area contributed by atoms with Crippen molar-refractivity contribution in [2.45, 2.75) is 19.8 Å². The number of allylic oxidation sites excluding steroid dienone is 1. The molecule has 5 nitrogen and oxygen atoms in total. The summed E-state index contributed by atoms with van der Waals surface area (Å²) in [5, 5.41) is 9.46. The Labute approximate surface area is 159 Å². The number of ketones is 1. The van der Waals surface area contributed by atoms with Crippen LogP contribution in [-0.4, -0.2) is 26.6 Å². The zero-order chi connectivity index (χ0) is 19.6. The minimum atomic E-state index is -0.360. The minimum Gasteiger partial charge on any atom is -0.497 e. The Balaban J connectivity index is 2.32. The highest BCUT2D eigenvalue weighted by atomic mass is 16.5. The lowest BCUT2D eigenvalue weighted by Crippen LogP contribution is -2.02. The van der Waals surface area contributed by atoms with Gasteiger partial charge in [0.25, 0.3) is 0 Å². The second-order valence-corrected chi connectivity index (χ2v) is 5.84. The molecule has 27 heavy (non-hydrogen) atoms. The standard InChI is InChI=1S/C22H23NO4/c1-4-5-11-27-21-13-16(9-10-20(21)26-3)12-18(15-23)22(24)17-7-6-8-19(14-17)25-2/h6-10,12-14H,4-5,11H2,1-3H3/b18-12+. The maximum atomic E-state index is 12.7. The van der Waals surface area contributed by atoms with Crippen LogP contribution in [-0.2, 0) is 0 Å². The number of carbonyl (C=O) groups excluding carboxylic acids is 1. The predicted octanol–water partition coefficient (Wildman–Crippen LogP) is 4.67. The molecule has 0 unspecified atom stereocenters. The number of methoxy groups -OCH3 is 2. The zero-order valence-corrected chi connectivity index (χ0v) is 15.8. The van der Waals surface area contributed by atoms with E-state index < -0.39 is 0 Å². The van der Waals surface area contributed by atoms with Crippen molar-refractivity contribution in [3.63, 3.8) is 0 Å². The van der Waals surface area contributed by atoms with E-state index in [4.69, 9.17) is 14.2 Å². The Kier molecular flexibility index (Phi) is 7.45. The Bertz CT molecular complexity index is 865. The molecule has 5 heteroatoms. The quantitative estimate of drug-likeness (QED) is 0.279. The van der Waals surface area contributed by atoms with Gasteiger partial charge < -0.3 is 14.2 Å². The molecule has 2 aromatic rings. The van der Waals surface area contributed by atoms with Gasteiger partial charge in [0.1, 0.15) is 17.4 Å². The summed E-state index contributed by atoms with van der Waals surface area (Å²) in [6.07, 6.45) is 3.50. The van der Waals surface area contributed by atoms with Gasteiger partial charge in [-0.15, -0.1) is 0 Å². The summed E-state index contributed by atoms with van der Waals surface area (Å²) in [7, 11) is 3.10. The van der Waals surface area contributed by atoms with E-state index in [0.29, 0.717) is 35.0 Å². The van der Waals surface area contributed by atoms with Crippen LogP contribution in [0.3, 0.4) is 0 Å². The number of nitriles is 1. The van der Waals surface area contributed by atoms with Crippen molar-refractivity contribution in [2.24, 2.45) is 0 Å². The van der Waals surface area contributed by atoms with Gasteiger partial charge >= 0.3 is 0 Å². The van der Waals surface area contributed by atoms with Crippen molar-refractivity contribution in [2.75, 3.05) is 20.8 Å². The van der Waals surface area contributed by atoms with Crippen LogP contribution in [0.1, 0.15) is 35.7 Å². The molecule has 140 valence electrons. The second kappa shape index (κ2) is 10.0. The molecule has 0 N–H and O–H groups in total. The Morgan fingerprint density at radius 1 is 1.11 bits per heavy atom. The number of ether oxygens (including phenoxy) is 3. The number of hydrogen-bond acceptors (Lipinski definition) is 5. The lowest BCUT2D eigenvalue weighted by molar-refractivity contribution is 0.103. The molecule has 0 radical (unpaired) electrons. The molecule has 2 rings (SSSR count). The third kappa shape index (κ3) is 5.35. The number of hydrogen-bond donors (Lipinski definition) is 0. The summed E-state index contributed by atoms with van der Waals surface area (Å²) in [4.78, 5) is 12.7. The van der Waals surface area contributed by atoms with Gasteiger partial charge in [-0.3, -0.25) is 4.79 Å². The fourth-order valence-corrected chi connectivity index (χ4v) is 2.46. The molecule has 0 spiro atoms. The molecule has 0 aliphatic rings. The molecule has 0 saturated heterocycles. The van der Waals surface area contributed by atoms with Crippen LogP contribution in [0.4, 0.5) is 0 Å². The third-order valence-corrected chi connectivity index (χ3v) is 3.95. The molecular weight excluding hydrogens is 342 g/mol. The lowest BCUT2D eigenvalue weighted by atomic mass is 10.0. The summed E-state index contributed by atoms with van der Waals surface area (Å²) >= 11 is 0.